The molecular weight excluding hydrogens is 240 g/mol. The molecule has 102 valence electrons. The van der Waals surface area contributed by atoms with Crippen LogP contribution in [-0.4, -0.2) is 46.4 Å². The van der Waals surface area contributed by atoms with Crippen LogP contribution in [0, 0.1) is 5.92 Å². The fourth-order valence-electron chi connectivity index (χ4n) is 3.83. The van der Waals surface area contributed by atoms with Crippen LogP contribution in [0.3, 0.4) is 0 Å². The minimum atomic E-state index is -0.145. The van der Waals surface area contributed by atoms with E-state index in [4.69, 9.17) is 5.73 Å². The third-order valence-corrected chi connectivity index (χ3v) is 4.88. The van der Waals surface area contributed by atoms with E-state index in [-0.39, 0.29) is 11.8 Å². The van der Waals surface area contributed by atoms with Crippen molar-refractivity contribution >= 4 is 5.91 Å². The van der Waals surface area contributed by atoms with Gasteiger partial charge in [-0.1, -0.05) is 0 Å². The van der Waals surface area contributed by atoms with Gasteiger partial charge < -0.3 is 20.4 Å². The van der Waals surface area contributed by atoms with Gasteiger partial charge in [0.15, 0.2) is 0 Å². The van der Waals surface area contributed by atoms with Gasteiger partial charge in [0.1, 0.15) is 6.17 Å². The van der Waals surface area contributed by atoms with Crippen LogP contribution in [0.15, 0.2) is 23.8 Å². The van der Waals surface area contributed by atoms with Crippen LogP contribution < -0.4 is 5.73 Å². The lowest BCUT2D eigenvalue weighted by Gasteiger charge is -2.44. The minimum absolute atomic E-state index is 0.0242. The number of piperidine rings is 1. The van der Waals surface area contributed by atoms with E-state index in [1.165, 1.54) is 30.8 Å². The average molecular weight is 260 g/mol. The molecule has 4 rings (SSSR count). The van der Waals surface area contributed by atoms with E-state index in [1.54, 1.807) is 0 Å². The summed E-state index contributed by atoms with van der Waals surface area (Å²) in [6.07, 6.45) is 9.37. The number of carbonyl (C=O) groups excluding carboxylic acids is 1. The van der Waals surface area contributed by atoms with E-state index in [9.17, 15) is 4.79 Å². The lowest BCUT2D eigenvalue weighted by atomic mass is 9.94. The first-order valence-corrected chi connectivity index (χ1v) is 7.22. The molecule has 2 unspecified atom stereocenters. The number of rotatable bonds is 1. The molecule has 5 nitrogen and oxygen atoms in total. The van der Waals surface area contributed by atoms with Gasteiger partial charge >= 0.3 is 0 Å². The summed E-state index contributed by atoms with van der Waals surface area (Å²) in [5, 5.41) is 0. The summed E-state index contributed by atoms with van der Waals surface area (Å²) in [6.45, 7) is 2.97. The molecule has 1 amide bonds. The van der Waals surface area contributed by atoms with Crippen LogP contribution in [-0.2, 0) is 4.79 Å². The van der Waals surface area contributed by atoms with E-state index >= 15 is 0 Å². The highest BCUT2D eigenvalue weighted by Gasteiger charge is 2.40. The lowest BCUT2D eigenvalue weighted by molar-refractivity contribution is -0.123. The molecule has 2 fully saturated rings. The molecule has 0 bridgehead atoms. The number of carbonyl (C=O) groups is 1. The van der Waals surface area contributed by atoms with Gasteiger partial charge in [-0.05, 0) is 25.7 Å². The summed E-state index contributed by atoms with van der Waals surface area (Å²) < 4.78 is 0. The SMILES string of the molecule is NC(=O)C1CCC2=CN3C=C4CCCN4C3CN2C1. The van der Waals surface area contributed by atoms with E-state index < -0.39 is 0 Å². The number of allylic oxidation sites excluding steroid dienone is 2. The smallest absolute Gasteiger partial charge is 0.222 e. The van der Waals surface area contributed by atoms with E-state index in [0.717, 1.165) is 25.9 Å². The Balaban J connectivity index is 1.57. The quantitative estimate of drug-likeness (QED) is 0.751. The van der Waals surface area contributed by atoms with Crippen LogP contribution in [0.4, 0.5) is 0 Å². The van der Waals surface area contributed by atoms with Crippen LogP contribution in [0.5, 0.6) is 0 Å². The second-order valence-corrected chi connectivity index (χ2v) is 6.01. The zero-order valence-corrected chi connectivity index (χ0v) is 11.1. The molecule has 0 spiro atoms. The lowest BCUT2D eigenvalue weighted by Crippen LogP contribution is -2.52. The second-order valence-electron chi connectivity index (χ2n) is 6.01. The predicted molar refractivity (Wildman–Crippen MR) is 71.2 cm³/mol. The number of hydrogen-bond acceptors (Lipinski definition) is 4. The van der Waals surface area contributed by atoms with E-state index in [0.29, 0.717) is 6.17 Å². The molecule has 0 aromatic rings. The normalized spacial score (nSPS) is 32.5. The third-order valence-electron chi connectivity index (χ3n) is 4.88. The number of amides is 1. The Morgan fingerprint density at radius 1 is 1.21 bits per heavy atom. The maximum absolute atomic E-state index is 11.4. The summed E-state index contributed by atoms with van der Waals surface area (Å²) in [5.74, 6) is -0.121. The number of nitrogens with two attached hydrogens (primary N) is 1. The van der Waals surface area contributed by atoms with Gasteiger partial charge in [-0.25, -0.2) is 0 Å². The molecule has 5 heteroatoms. The van der Waals surface area contributed by atoms with Crippen molar-refractivity contribution in [1.29, 1.82) is 0 Å². The zero-order chi connectivity index (χ0) is 13.0. The van der Waals surface area contributed by atoms with Crippen molar-refractivity contribution in [2.45, 2.75) is 31.8 Å². The largest absolute Gasteiger partial charge is 0.369 e. The van der Waals surface area contributed by atoms with Gasteiger partial charge in [0.05, 0.1) is 12.5 Å². The summed E-state index contributed by atoms with van der Waals surface area (Å²) in [4.78, 5) is 18.6. The monoisotopic (exact) mass is 260 g/mol. The molecule has 2 saturated heterocycles. The summed E-state index contributed by atoms with van der Waals surface area (Å²) >= 11 is 0. The van der Waals surface area contributed by atoms with Gasteiger partial charge in [-0.15, -0.1) is 0 Å². The second kappa shape index (κ2) is 3.92. The Hall–Kier alpha value is -1.65. The molecule has 0 radical (unpaired) electrons. The molecule has 4 aliphatic rings. The van der Waals surface area contributed by atoms with Crippen LogP contribution in [0.1, 0.15) is 25.7 Å². The molecule has 4 aliphatic heterocycles. The first kappa shape index (κ1) is 11.2. The summed E-state index contributed by atoms with van der Waals surface area (Å²) in [6, 6.07) is 0. The third kappa shape index (κ3) is 1.64. The van der Waals surface area contributed by atoms with Gasteiger partial charge in [-0.3, -0.25) is 4.79 Å². The van der Waals surface area contributed by atoms with Crippen molar-refractivity contribution in [2.24, 2.45) is 11.7 Å². The topological polar surface area (TPSA) is 52.8 Å². The number of fused-ring (bicyclic) bond motifs is 4. The number of nitrogens with zero attached hydrogens (tertiary/aromatic N) is 3. The van der Waals surface area contributed by atoms with Gasteiger partial charge in [-0.2, -0.15) is 0 Å². The zero-order valence-electron chi connectivity index (χ0n) is 11.1. The molecule has 0 aromatic carbocycles. The highest BCUT2D eigenvalue weighted by atomic mass is 16.1. The van der Waals surface area contributed by atoms with Gasteiger partial charge in [0.2, 0.25) is 5.91 Å². The molecular formula is C14H20N4O. The Morgan fingerprint density at radius 2 is 2.05 bits per heavy atom. The Labute approximate surface area is 113 Å². The Morgan fingerprint density at radius 3 is 2.89 bits per heavy atom. The fourth-order valence-corrected chi connectivity index (χ4v) is 3.83. The molecule has 19 heavy (non-hydrogen) atoms. The van der Waals surface area contributed by atoms with Crippen LogP contribution in [0.25, 0.3) is 0 Å². The summed E-state index contributed by atoms with van der Waals surface area (Å²) in [5.41, 5.74) is 8.31. The molecule has 2 atom stereocenters. The minimum Gasteiger partial charge on any atom is -0.369 e. The van der Waals surface area contributed by atoms with Gasteiger partial charge in [0, 0.05) is 36.9 Å². The maximum atomic E-state index is 11.4. The first-order chi connectivity index (χ1) is 9.22. The van der Waals surface area contributed by atoms with E-state index in [2.05, 4.69) is 27.1 Å². The van der Waals surface area contributed by atoms with E-state index in [1.807, 2.05) is 0 Å². The van der Waals surface area contributed by atoms with Gasteiger partial charge in [0.25, 0.3) is 0 Å². The van der Waals surface area contributed by atoms with Crippen molar-refractivity contribution in [3.63, 3.8) is 0 Å². The number of primary amides is 1. The van der Waals surface area contributed by atoms with Crippen LogP contribution in [0.2, 0.25) is 0 Å². The molecule has 0 aliphatic carbocycles. The van der Waals surface area contributed by atoms with Crippen molar-refractivity contribution in [3.8, 4) is 0 Å². The standard InChI is InChI=1S/C14H20N4O/c15-14(19)10-3-4-11-7-17-8-12-2-1-5-18(12)13(17)9-16(11)6-10/h7-8,10,13H,1-6,9H2,(H2,15,19). The average Bonchev–Trinajstić information content (AvgIpc) is 2.96. The molecule has 4 heterocycles. The Kier molecular flexibility index (Phi) is 2.31. The highest BCUT2D eigenvalue weighted by Crippen LogP contribution is 2.37. The van der Waals surface area contributed by atoms with Crippen molar-refractivity contribution < 1.29 is 4.79 Å². The first-order valence-electron chi connectivity index (χ1n) is 7.22. The van der Waals surface area contributed by atoms with Crippen LogP contribution >= 0.6 is 0 Å². The predicted octanol–water partition coefficient (Wildman–Crippen LogP) is 0.618. The number of hydrogen-bond donors (Lipinski definition) is 1. The fraction of sp³-hybridized carbons (Fsp3) is 0.643. The Bertz CT molecular complexity index is 484. The molecule has 0 saturated carbocycles. The summed E-state index contributed by atoms with van der Waals surface area (Å²) in [7, 11) is 0. The van der Waals surface area contributed by atoms with Crippen molar-refractivity contribution in [3.05, 3.63) is 23.8 Å². The maximum Gasteiger partial charge on any atom is 0.222 e. The molecule has 2 N–H and O–H groups in total. The highest BCUT2D eigenvalue weighted by molar-refractivity contribution is 5.77. The molecule has 0 aromatic heterocycles. The van der Waals surface area contributed by atoms with Crippen molar-refractivity contribution in [1.82, 2.24) is 14.7 Å². The van der Waals surface area contributed by atoms with Crippen molar-refractivity contribution in [2.75, 3.05) is 19.6 Å².